The predicted octanol–water partition coefficient (Wildman–Crippen LogP) is 3.71. The van der Waals surface area contributed by atoms with E-state index in [-0.39, 0.29) is 5.91 Å². The summed E-state index contributed by atoms with van der Waals surface area (Å²) in [6, 6.07) is 17.0. The highest BCUT2D eigenvalue weighted by Gasteiger charge is 2.18. The molecule has 0 bridgehead atoms. The highest BCUT2D eigenvalue weighted by Crippen LogP contribution is 2.27. The Bertz CT molecular complexity index is 682. The number of amides is 1. The first kappa shape index (κ1) is 14.8. The van der Waals surface area contributed by atoms with Crippen LogP contribution in [0.25, 0.3) is 11.1 Å². The number of carbonyl (C=O) groups is 1. The summed E-state index contributed by atoms with van der Waals surface area (Å²) >= 11 is 0. The van der Waals surface area contributed by atoms with Gasteiger partial charge in [0.2, 0.25) is 0 Å². The average molecular weight is 278 g/mol. The molecule has 0 radical (unpaired) electrons. The van der Waals surface area contributed by atoms with Crippen molar-refractivity contribution in [2.75, 3.05) is 13.1 Å². The molecule has 3 nitrogen and oxygen atoms in total. The van der Waals surface area contributed by atoms with Gasteiger partial charge in [-0.25, -0.2) is 0 Å². The number of hydrogen-bond donors (Lipinski definition) is 0. The van der Waals surface area contributed by atoms with Crippen LogP contribution in [0.2, 0.25) is 0 Å². The Morgan fingerprint density at radius 2 is 1.57 bits per heavy atom. The van der Waals surface area contributed by atoms with Crippen LogP contribution in [0.5, 0.6) is 0 Å². The molecule has 0 heterocycles. The topological polar surface area (TPSA) is 44.1 Å². The monoisotopic (exact) mass is 278 g/mol. The molecule has 0 aliphatic heterocycles. The molecule has 0 saturated carbocycles. The van der Waals surface area contributed by atoms with Gasteiger partial charge >= 0.3 is 0 Å². The number of carbonyl (C=O) groups excluding carboxylic acids is 1. The molecular formula is C18H18N2O. The zero-order valence-corrected chi connectivity index (χ0v) is 12.3. The van der Waals surface area contributed by atoms with Crippen LogP contribution in [0.4, 0.5) is 0 Å². The van der Waals surface area contributed by atoms with Crippen molar-refractivity contribution in [2.24, 2.45) is 0 Å². The Balaban J connectivity index is 2.57. The molecule has 0 aliphatic carbocycles. The third-order valence-electron chi connectivity index (χ3n) is 3.55. The molecule has 1 amide bonds. The van der Waals surface area contributed by atoms with Gasteiger partial charge in [0.25, 0.3) is 5.91 Å². The van der Waals surface area contributed by atoms with Crippen LogP contribution in [0.3, 0.4) is 0 Å². The first-order chi connectivity index (χ1) is 10.2. The van der Waals surface area contributed by atoms with Crippen molar-refractivity contribution in [2.45, 2.75) is 13.8 Å². The van der Waals surface area contributed by atoms with Crippen LogP contribution in [-0.2, 0) is 0 Å². The molecule has 0 spiro atoms. The molecule has 0 N–H and O–H groups in total. The number of benzene rings is 2. The van der Waals surface area contributed by atoms with Gasteiger partial charge in [-0.2, -0.15) is 5.26 Å². The van der Waals surface area contributed by atoms with Crippen LogP contribution >= 0.6 is 0 Å². The van der Waals surface area contributed by atoms with E-state index >= 15 is 0 Å². The lowest BCUT2D eigenvalue weighted by Crippen LogP contribution is -2.30. The van der Waals surface area contributed by atoms with Crippen molar-refractivity contribution in [3.63, 3.8) is 0 Å². The van der Waals surface area contributed by atoms with E-state index in [0.717, 1.165) is 11.1 Å². The molecule has 106 valence electrons. The van der Waals surface area contributed by atoms with Gasteiger partial charge in [-0.15, -0.1) is 0 Å². The molecule has 0 aliphatic rings. The highest BCUT2D eigenvalue weighted by atomic mass is 16.2. The Morgan fingerprint density at radius 3 is 2.19 bits per heavy atom. The fourth-order valence-electron chi connectivity index (χ4n) is 2.40. The smallest absolute Gasteiger partial charge is 0.254 e. The lowest BCUT2D eigenvalue weighted by Gasteiger charge is -2.20. The van der Waals surface area contributed by atoms with Crippen molar-refractivity contribution in [3.8, 4) is 17.2 Å². The van der Waals surface area contributed by atoms with Gasteiger partial charge in [-0.05, 0) is 31.5 Å². The molecule has 3 heteroatoms. The summed E-state index contributed by atoms with van der Waals surface area (Å²) in [5.41, 5.74) is 2.84. The Labute approximate surface area is 125 Å². The quantitative estimate of drug-likeness (QED) is 0.855. The summed E-state index contributed by atoms with van der Waals surface area (Å²) in [7, 11) is 0. The summed E-state index contributed by atoms with van der Waals surface area (Å²) in [6.07, 6.45) is 0. The summed E-state index contributed by atoms with van der Waals surface area (Å²) in [5, 5.41) is 9.27. The standard InChI is InChI=1S/C18H18N2O/c1-3-20(4-2)18(21)17-12-8-7-11-16(17)15-10-6-5-9-14(15)13-19/h5-12H,3-4H2,1-2H3. The average Bonchev–Trinajstić information content (AvgIpc) is 2.55. The van der Waals surface area contributed by atoms with Gasteiger partial charge in [0.05, 0.1) is 11.6 Å². The number of nitrogens with zero attached hydrogens (tertiary/aromatic N) is 2. The zero-order valence-electron chi connectivity index (χ0n) is 12.3. The fourth-order valence-corrected chi connectivity index (χ4v) is 2.40. The molecule has 21 heavy (non-hydrogen) atoms. The van der Waals surface area contributed by atoms with E-state index in [1.807, 2.05) is 56.3 Å². The zero-order chi connectivity index (χ0) is 15.2. The lowest BCUT2D eigenvalue weighted by atomic mass is 9.95. The number of rotatable bonds is 4. The van der Waals surface area contributed by atoms with Gasteiger partial charge in [-0.1, -0.05) is 36.4 Å². The Morgan fingerprint density at radius 1 is 1.00 bits per heavy atom. The van der Waals surface area contributed by atoms with Gasteiger partial charge in [-0.3, -0.25) is 4.79 Å². The molecule has 0 saturated heterocycles. The molecule has 0 fully saturated rings. The van der Waals surface area contributed by atoms with Crippen LogP contribution < -0.4 is 0 Å². The van der Waals surface area contributed by atoms with E-state index in [1.54, 1.807) is 11.0 Å². The lowest BCUT2D eigenvalue weighted by molar-refractivity contribution is 0.0774. The summed E-state index contributed by atoms with van der Waals surface area (Å²) in [6.45, 7) is 5.27. The van der Waals surface area contributed by atoms with Crippen molar-refractivity contribution < 1.29 is 4.79 Å². The summed E-state index contributed by atoms with van der Waals surface area (Å²) in [5.74, 6) is 0.00310. The van der Waals surface area contributed by atoms with Crippen molar-refractivity contribution in [1.82, 2.24) is 4.90 Å². The number of nitriles is 1. The van der Waals surface area contributed by atoms with Crippen LogP contribution in [0.15, 0.2) is 48.5 Å². The van der Waals surface area contributed by atoms with Gasteiger partial charge in [0.15, 0.2) is 0 Å². The minimum Gasteiger partial charge on any atom is -0.339 e. The summed E-state index contributed by atoms with van der Waals surface area (Å²) < 4.78 is 0. The van der Waals surface area contributed by atoms with E-state index in [1.165, 1.54) is 0 Å². The number of hydrogen-bond acceptors (Lipinski definition) is 2. The molecule has 0 aromatic heterocycles. The van der Waals surface area contributed by atoms with Crippen molar-refractivity contribution in [1.29, 1.82) is 5.26 Å². The largest absolute Gasteiger partial charge is 0.339 e. The molecule has 0 unspecified atom stereocenters. The fraction of sp³-hybridized carbons (Fsp3) is 0.222. The molecule has 0 atom stereocenters. The second kappa shape index (κ2) is 6.71. The Hall–Kier alpha value is -2.60. The van der Waals surface area contributed by atoms with E-state index in [0.29, 0.717) is 24.2 Å². The third-order valence-corrected chi connectivity index (χ3v) is 3.55. The van der Waals surface area contributed by atoms with Crippen LogP contribution in [0.1, 0.15) is 29.8 Å². The van der Waals surface area contributed by atoms with Crippen LogP contribution in [-0.4, -0.2) is 23.9 Å². The molecule has 2 rings (SSSR count). The third kappa shape index (κ3) is 2.95. The van der Waals surface area contributed by atoms with Crippen molar-refractivity contribution >= 4 is 5.91 Å². The SMILES string of the molecule is CCN(CC)C(=O)c1ccccc1-c1ccccc1C#N. The highest BCUT2D eigenvalue weighted by molar-refractivity contribution is 6.01. The molecular weight excluding hydrogens is 260 g/mol. The predicted molar refractivity (Wildman–Crippen MR) is 83.8 cm³/mol. The maximum atomic E-state index is 12.6. The van der Waals surface area contributed by atoms with E-state index in [9.17, 15) is 10.1 Å². The second-order valence-electron chi connectivity index (χ2n) is 4.68. The maximum Gasteiger partial charge on any atom is 0.254 e. The maximum absolute atomic E-state index is 12.6. The van der Waals surface area contributed by atoms with Gasteiger partial charge < -0.3 is 4.90 Å². The first-order valence-corrected chi connectivity index (χ1v) is 7.10. The van der Waals surface area contributed by atoms with Crippen LogP contribution in [0, 0.1) is 11.3 Å². The molecule has 2 aromatic carbocycles. The minimum absolute atomic E-state index is 0.00310. The normalized spacial score (nSPS) is 9.95. The van der Waals surface area contributed by atoms with E-state index < -0.39 is 0 Å². The summed E-state index contributed by atoms with van der Waals surface area (Å²) in [4.78, 5) is 14.4. The van der Waals surface area contributed by atoms with Gasteiger partial charge in [0.1, 0.15) is 0 Å². The molecule has 2 aromatic rings. The van der Waals surface area contributed by atoms with Crippen molar-refractivity contribution in [3.05, 3.63) is 59.7 Å². The Kier molecular flexibility index (Phi) is 4.73. The second-order valence-corrected chi connectivity index (χ2v) is 4.68. The van der Waals surface area contributed by atoms with E-state index in [4.69, 9.17) is 0 Å². The van der Waals surface area contributed by atoms with Gasteiger partial charge in [0, 0.05) is 24.2 Å². The minimum atomic E-state index is 0.00310. The first-order valence-electron chi connectivity index (χ1n) is 7.10. The van der Waals surface area contributed by atoms with E-state index in [2.05, 4.69) is 6.07 Å².